The van der Waals surface area contributed by atoms with Crippen LogP contribution in [0.2, 0.25) is 0 Å². The second-order valence-electron chi connectivity index (χ2n) is 5.40. The fourth-order valence-electron chi connectivity index (χ4n) is 2.12. The summed E-state index contributed by atoms with van der Waals surface area (Å²) in [6.07, 6.45) is 11.7. The zero-order valence-corrected chi connectivity index (χ0v) is 13.3. The number of nitrogens with two attached hydrogens (primary N) is 1. The standard InChI is InChI=1S/C20H27N/c1-2-3-4-5-6-7-8-9-10-11-12-13-14-19-15-17-20(21)18-16-19/h15-18H,2-10,21H2,1H3. The molecular weight excluding hydrogens is 254 g/mol. The van der Waals surface area contributed by atoms with Gasteiger partial charge in [0.2, 0.25) is 0 Å². The Morgan fingerprint density at radius 2 is 1.43 bits per heavy atom. The normalized spacial score (nSPS) is 9.38. The first-order valence-corrected chi connectivity index (χ1v) is 8.17. The molecule has 0 aromatic heterocycles. The molecule has 1 aromatic rings. The third-order valence-corrected chi connectivity index (χ3v) is 3.42. The van der Waals surface area contributed by atoms with E-state index in [1.807, 2.05) is 24.3 Å². The van der Waals surface area contributed by atoms with Crippen LogP contribution in [0.3, 0.4) is 0 Å². The van der Waals surface area contributed by atoms with E-state index in [4.69, 9.17) is 5.73 Å². The molecule has 0 saturated heterocycles. The van der Waals surface area contributed by atoms with Gasteiger partial charge in [-0.15, -0.1) is 0 Å². The minimum absolute atomic E-state index is 0.765. The van der Waals surface area contributed by atoms with Gasteiger partial charge in [-0.05, 0) is 42.5 Å². The molecule has 112 valence electrons. The van der Waals surface area contributed by atoms with E-state index in [9.17, 15) is 0 Å². The van der Waals surface area contributed by atoms with Crippen LogP contribution in [0.15, 0.2) is 24.3 Å². The van der Waals surface area contributed by atoms with Crippen LogP contribution in [-0.2, 0) is 0 Å². The maximum Gasteiger partial charge on any atom is 0.0314 e. The first-order valence-electron chi connectivity index (χ1n) is 8.17. The molecule has 0 heterocycles. The molecule has 1 aromatic carbocycles. The van der Waals surface area contributed by atoms with Crippen LogP contribution in [0.4, 0.5) is 5.69 Å². The number of benzene rings is 1. The lowest BCUT2D eigenvalue weighted by molar-refractivity contribution is 0.579. The Balaban J connectivity index is 2.05. The van der Waals surface area contributed by atoms with E-state index in [2.05, 4.69) is 30.6 Å². The Hall–Kier alpha value is -1.86. The van der Waals surface area contributed by atoms with Crippen LogP contribution < -0.4 is 5.73 Å². The molecule has 1 heteroatoms. The molecule has 0 atom stereocenters. The first kappa shape index (κ1) is 17.2. The molecule has 0 aliphatic heterocycles. The molecular formula is C20H27N. The van der Waals surface area contributed by atoms with Crippen LogP contribution in [0, 0.1) is 23.7 Å². The molecule has 0 bridgehead atoms. The van der Waals surface area contributed by atoms with Gasteiger partial charge in [-0.2, -0.15) is 0 Å². The van der Waals surface area contributed by atoms with Gasteiger partial charge < -0.3 is 5.73 Å². The Labute approximate surface area is 130 Å². The lowest BCUT2D eigenvalue weighted by Gasteiger charge is -1.98. The van der Waals surface area contributed by atoms with Crippen molar-refractivity contribution in [2.45, 2.75) is 64.7 Å². The van der Waals surface area contributed by atoms with Crippen molar-refractivity contribution < 1.29 is 0 Å². The lowest BCUT2D eigenvalue weighted by atomic mass is 10.1. The van der Waals surface area contributed by atoms with Gasteiger partial charge in [0.15, 0.2) is 0 Å². The Morgan fingerprint density at radius 1 is 0.810 bits per heavy atom. The van der Waals surface area contributed by atoms with Crippen molar-refractivity contribution in [2.24, 2.45) is 0 Å². The highest BCUT2D eigenvalue weighted by molar-refractivity contribution is 5.46. The highest BCUT2D eigenvalue weighted by Crippen LogP contribution is 2.09. The third-order valence-electron chi connectivity index (χ3n) is 3.42. The Kier molecular flexibility index (Phi) is 9.76. The number of nitrogen functional groups attached to an aromatic ring is 1. The zero-order chi connectivity index (χ0) is 15.2. The number of unbranched alkanes of at least 4 members (excludes halogenated alkanes) is 8. The van der Waals surface area contributed by atoms with Gasteiger partial charge in [-0.3, -0.25) is 0 Å². The maximum absolute atomic E-state index is 5.62. The lowest BCUT2D eigenvalue weighted by Crippen LogP contribution is -1.82. The summed E-state index contributed by atoms with van der Waals surface area (Å²) >= 11 is 0. The van der Waals surface area contributed by atoms with Crippen LogP contribution in [0.25, 0.3) is 0 Å². The Morgan fingerprint density at radius 3 is 2.10 bits per heavy atom. The summed E-state index contributed by atoms with van der Waals surface area (Å²) in [6.45, 7) is 2.26. The highest BCUT2D eigenvalue weighted by Gasteiger charge is 1.90. The van der Waals surface area contributed by atoms with E-state index < -0.39 is 0 Å². The number of rotatable bonds is 8. The molecule has 0 fully saturated rings. The average Bonchev–Trinajstić information content (AvgIpc) is 2.50. The molecule has 2 N–H and O–H groups in total. The van der Waals surface area contributed by atoms with Crippen LogP contribution >= 0.6 is 0 Å². The SMILES string of the molecule is CCCCCCCCCCC#CC#Cc1ccc(N)cc1. The van der Waals surface area contributed by atoms with E-state index in [-0.39, 0.29) is 0 Å². The maximum atomic E-state index is 5.62. The summed E-state index contributed by atoms with van der Waals surface area (Å²) in [5.74, 6) is 12.0. The second kappa shape index (κ2) is 11.9. The minimum Gasteiger partial charge on any atom is -0.399 e. The summed E-state index contributed by atoms with van der Waals surface area (Å²) in [5.41, 5.74) is 7.35. The van der Waals surface area contributed by atoms with E-state index in [0.717, 1.165) is 17.7 Å². The van der Waals surface area contributed by atoms with Gasteiger partial charge in [0.05, 0.1) is 0 Å². The first-order chi connectivity index (χ1) is 10.3. The predicted octanol–water partition coefficient (Wildman–Crippen LogP) is 5.15. The van der Waals surface area contributed by atoms with Crippen molar-refractivity contribution in [3.63, 3.8) is 0 Å². The van der Waals surface area contributed by atoms with Crippen molar-refractivity contribution in [3.05, 3.63) is 29.8 Å². The molecule has 0 aliphatic rings. The largest absolute Gasteiger partial charge is 0.399 e. The monoisotopic (exact) mass is 281 g/mol. The third kappa shape index (κ3) is 9.64. The van der Waals surface area contributed by atoms with Crippen molar-refractivity contribution in [1.29, 1.82) is 0 Å². The highest BCUT2D eigenvalue weighted by atomic mass is 14.5. The van der Waals surface area contributed by atoms with E-state index in [1.165, 1.54) is 51.4 Å². The van der Waals surface area contributed by atoms with Gasteiger partial charge in [-0.1, -0.05) is 63.7 Å². The van der Waals surface area contributed by atoms with E-state index >= 15 is 0 Å². The molecule has 1 nitrogen and oxygen atoms in total. The van der Waals surface area contributed by atoms with Gasteiger partial charge in [0, 0.05) is 17.7 Å². The topological polar surface area (TPSA) is 26.0 Å². The fourth-order valence-corrected chi connectivity index (χ4v) is 2.12. The fraction of sp³-hybridized carbons (Fsp3) is 0.500. The van der Waals surface area contributed by atoms with Crippen LogP contribution in [0.1, 0.15) is 70.3 Å². The molecule has 1 rings (SSSR count). The zero-order valence-electron chi connectivity index (χ0n) is 13.3. The predicted molar refractivity (Wildman–Crippen MR) is 92.7 cm³/mol. The summed E-state index contributed by atoms with van der Waals surface area (Å²) in [4.78, 5) is 0. The number of anilines is 1. The van der Waals surface area contributed by atoms with Gasteiger partial charge in [0.25, 0.3) is 0 Å². The van der Waals surface area contributed by atoms with E-state index in [0.29, 0.717) is 0 Å². The van der Waals surface area contributed by atoms with Crippen LogP contribution in [-0.4, -0.2) is 0 Å². The van der Waals surface area contributed by atoms with Crippen molar-refractivity contribution >= 4 is 5.69 Å². The van der Waals surface area contributed by atoms with Crippen molar-refractivity contribution in [1.82, 2.24) is 0 Å². The van der Waals surface area contributed by atoms with Gasteiger partial charge in [-0.25, -0.2) is 0 Å². The molecule has 0 spiro atoms. The van der Waals surface area contributed by atoms with Crippen molar-refractivity contribution in [2.75, 3.05) is 5.73 Å². The molecule has 0 saturated carbocycles. The average molecular weight is 281 g/mol. The summed E-state index contributed by atoms with van der Waals surface area (Å²) < 4.78 is 0. The second-order valence-corrected chi connectivity index (χ2v) is 5.40. The summed E-state index contributed by atoms with van der Waals surface area (Å²) in [7, 11) is 0. The molecule has 0 radical (unpaired) electrons. The van der Waals surface area contributed by atoms with Crippen LogP contribution in [0.5, 0.6) is 0 Å². The number of hydrogen-bond donors (Lipinski definition) is 1. The Bertz CT molecular complexity index is 491. The molecule has 21 heavy (non-hydrogen) atoms. The van der Waals surface area contributed by atoms with Gasteiger partial charge >= 0.3 is 0 Å². The quantitative estimate of drug-likeness (QED) is 0.398. The smallest absolute Gasteiger partial charge is 0.0314 e. The summed E-state index contributed by atoms with van der Waals surface area (Å²) in [5, 5.41) is 0. The van der Waals surface area contributed by atoms with E-state index in [1.54, 1.807) is 0 Å². The minimum atomic E-state index is 0.765. The summed E-state index contributed by atoms with van der Waals surface area (Å²) in [6, 6.07) is 7.56. The van der Waals surface area contributed by atoms with Crippen molar-refractivity contribution in [3.8, 4) is 23.7 Å². The number of hydrogen-bond acceptors (Lipinski definition) is 1. The molecule has 0 aliphatic carbocycles. The molecule has 0 unspecified atom stereocenters. The molecule has 0 amide bonds. The van der Waals surface area contributed by atoms with Gasteiger partial charge in [0.1, 0.15) is 0 Å².